The highest BCUT2D eigenvalue weighted by Crippen LogP contribution is 2.28. The Morgan fingerprint density at radius 3 is 2.50 bits per heavy atom. The van der Waals surface area contributed by atoms with Crippen LogP contribution < -0.4 is 11.1 Å². The Morgan fingerprint density at radius 2 is 2.07 bits per heavy atom. The highest BCUT2D eigenvalue weighted by Gasteiger charge is 2.38. The summed E-state index contributed by atoms with van der Waals surface area (Å²) in [5.41, 5.74) is 5.23. The number of hydrogen-bond donors (Lipinski definition) is 2. The molecule has 1 saturated carbocycles. The van der Waals surface area contributed by atoms with Crippen LogP contribution in [0.3, 0.4) is 0 Å². The summed E-state index contributed by atoms with van der Waals surface area (Å²) in [7, 11) is 0. The van der Waals surface area contributed by atoms with Gasteiger partial charge in [-0.15, -0.1) is 0 Å². The molecule has 1 heterocycles. The van der Waals surface area contributed by atoms with E-state index in [0.717, 1.165) is 12.8 Å². The molecular formula is C9H14N2O3. The molecular weight excluding hydrogens is 184 g/mol. The fourth-order valence-corrected chi connectivity index (χ4v) is 1.42. The molecule has 1 aliphatic carbocycles. The van der Waals surface area contributed by atoms with Crippen molar-refractivity contribution in [2.75, 3.05) is 13.2 Å². The van der Waals surface area contributed by atoms with Gasteiger partial charge in [-0.05, 0) is 12.8 Å². The van der Waals surface area contributed by atoms with Crippen molar-refractivity contribution in [1.82, 2.24) is 5.32 Å². The van der Waals surface area contributed by atoms with Gasteiger partial charge < -0.3 is 10.5 Å². The molecule has 0 atom stereocenters. The molecule has 0 radical (unpaired) electrons. The van der Waals surface area contributed by atoms with E-state index in [1.807, 2.05) is 0 Å². The van der Waals surface area contributed by atoms with Crippen molar-refractivity contribution in [3.63, 3.8) is 0 Å². The van der Waals surface area contributed by atoms with Crippen molar-refractivity contribution in [1.29, 1.82) is 0 Å². The van der Waals surface area contributed by atoms with Crippen LogP contribution in [0.2, 0.25) is 0 Å². The highest BCUT2D eigenvalue weighted by atomic mass is 16.5. The molecule has 5 heteroatoms. The summed E-state index contributed by atoms with van der Waals surface area (Å²) in [6.07, 6.45) is 1.97. The number of ether oxygens (including phenoxy) is 1. The van der Waals surface area contributed by atoms with Gasteiger partial charge in [-0.3, -0.25) is 14.9 Å². The molecule has 0 aromatic rings. The van der Waals surface area contributed by atoms with Gasteiger partial charge in [-0.25, -0.2) is 0 Å². The second-order valence-corrected chi connectivity index (χ2v) is 4.22. The number of carbonyl (C=O) groups is 2. The van der Waals surface area contributed by atoms with E-state index in [0.29, 0.717) is 13.2 Å². The number of nitrogens with two attached hydrogens (primary N) is 1. The lowest BCUT2D eigenvalue weighted by Gasteiger charge is -2.36. The van der Waals surface area contributed by atoms with Crippen molar-refractivity contribution in [2.24, 2.45) is 11.7 Å². The SMILES string of the molecule is NC1(CC(=O)NC(=O)C2CC2)COC1. The Bertz CT molecular complexity index is 269. The van der Waals surface area contributed by atoms with E-state index >= 15 is 0 Å². The third-order valence-electron chi connectivity index (χ3n) is 2.50. The Hall–Kier alpha value is -0.940. The van der Waals surface area contributed by atoms with E-state index in [9.17, 15) is 9.59 Å². The van der Waals surface area contributed by atoms with Crippen LogP contribution >= 0.6 is 0 Å². The molecule has 5 nitrogen and oxygen atoms in total. The van der Waals surface area contributed by atoms with Crippen LogP contribution in [0.1, 0.15) is 19.3 Å². The topological polar surface area (TPSA) is 81.4 Å². The van der Waals surface area contributed by atoms with Gasteiger partial charge in [0, 0.05) is 12.3 Å². The smallest absolute Gasteiger partial charge is 0.229 e. The summed E-state index contributed by atoms with van der Waals surface area (Å²) in [5, 5.41) is 2.35. The monoisotopic (exact) mass is 198 g/mol. The predicted molar refractivity (Wildman–Crippen MR) is 48.2 cm³/mol. The molecule has 2 rings (SSSR count). The van der Waals surface area contributed by atoms with Crippen LogP contribution in [-0.4, -0.2) is 30.6 Å². The fourth-order valence-electron chi connectivity index (χ4n) is 1.42. The van der Waals surface area contributed by atoms with E-state index < -0.39 is 5.54 Å². The number of imide groups is 1. The Morgan fingerprint density at radius 1 is 1.43 bits per heavy atom. The molecule has 3 N–H and O–H groups in total. The van der Waals surface area contributed by atoms with Gasteiger partial charge in [0.05, 0.1) is 18.8 Å². The molecule has 14 heavy (non-hydrogen) atoms. The van der Waals surface area contributed by atoms with Gasteiger partial charge in [0.15, 0.2) is 0 Å². The molecule has 0 bridgehead atoms. The van der Waals surface area contributed by atoms with Crippen LogP contribution in [0.15, 0.2) is 0 Å². The summed E-state index contributed by atoms with van der Waals surface area (Å²) in [4.78, 5) is 22.5. The third-order valence-corrected chi connectivity index (χ3v) is 2.50. The summed E-state index contributed by atoms with van der Waals surface area (Å²) in [5.74, 6) is -0.378. The minimum atomic E-state index is -0.548. The van der Waals surface area contributed by atoms with Gasteiger partial charge in [0.2, 0.25) is 11.8 Å². The quantitative estimate of drug-likeness (QED) is 0.619. The number of carbonyl (C=O) groups excluding carboxylic acids is 2. The first kappa shape index (κ1) is 9.61. The van der Waals surface area contributed by atoms with Gasteiger partial charge in [0.25, 0.3) is 0 Å². The normalized spacial score (nSPS) is 23.8. The summed E-state index contributed by atoms with van der Waals surface area (Å²) in [6.45, 7) is 0.802. The highest BCUT2D eigenvalue weighted by molar-refractivity contribution is 5.97. The van der Waals surface area contributed by atoms with E-state index in [2.05, 4.69) is 5.32 Å². The second kappa shape index (κ2) is 3.33. The molecule has 1 saturated heterocycles. The van der Waals surface area contributed by atoms with Gasteiger partial charge in [-0.1, -0.05) is 0 Å². The maximum absolute atomic E-state index is 11.3. The summed E-state index contributed by atoms with van der Waals surface area (Å²) < 4.78 is 4.91. The third kappa shape index (κ3) is 2.10. The zero-order valence-electron chi connectivity index (χ0n) is 7.91. The Kier molecular flexibility index (Phi) is 2.28. The summed E-state index contributed by atoms with van der Waals surface area (Å²) in [6, 6.07) is 0. The average Bonchev–Trinajstić information content (AvgIpc) is 2.82. The molecule has 0 unspecified atom stereocenters. The Balaban J connectivity index is 1.75. The lowest BCUT2D eigenvalue weighted by molar-refractivity contribution is -0.135. The lowest BCUT2D eigenvalue weighted by Crippen LogP contribution is -2.59. The first-order valence-corrected chi connectivity index (χ1v) is 4.79. The van der Waals surface area contributed by atoms with Gasteiger partial charge in [0.1, 0.15) is 0 Å². The zero-order chi connectivity index (χ0) is 10.2. The molecule has 0 spiro atoms. The van der Waals surface area contributed by atoms with Crippen molar-refractivity contribution in [2.45, 2.75) is 24.8 Å². The first-order valence-electron chi connectivity index (χ1n) is 4.79. The minimum Gasteiger partial charge on any atom is -0.377 e. The minimum absolute atomic E-state index is 0.0605. The number of rotatable bonds is 3. The lowest BCUT2D eigenvalue weighted by atomic mass is 9.94. The first-order chi connectivity index (χ1) is 6.59. The molecule has 2 aliphatic rings. The van der Waals surface area contributed by atoms with E-state index in [4.69, 9.17) is 10.5 Å². The van der Waals surface area contributed by atoms with E-state index in [1.54, 1.807) is 0 Å². The van der Waals surface area contributed by atoms with E-state index in [-0.39, 0.29) is 24.2 Å². The van der Waals surface area contributed by atoms with Crippen LogP contribution in [0.25, 0.3) is 0 Å². The van der Waals surface area contributed by atoms with Crippen LogP contribution in [0.5, 0.6) is 0 Å². The van der Waals surface area contributed by atoms with Gasteiger partial charge >= 0.3 is 0 Å². The largest absolute Gasteiger partial charge is 0.377 e. The molecule has 78 valence electrons. The Labute approximate surface area is 82.0 Å². The van der Waals surface area contributed by atoms with Crippen molar-refractivity contribution < 1.29 is 14.3 Å². The predicted octanol–water partition coefficient (Wildman–Crippen LogP) is -0.843. The molecule has 1 aliphatic heterocycles. The second-order valence-electron chi connectivity index (χ2n) is 4.22. The standard InChI is InChI=1S/C9H14N2O3/c10-9(4-14-5-9)3-7(12)11-8(13)6-1-2-6/h6H,1-5,10H2,(H,11,12,13). The number of amides is 2. The van der Waals surface area contributed by atoms with Crippen LogP contribution in [0, 0.1) is 5.92 Å². The summed E-state index contributed by atoms with van der Waals surface area (Å²) >= 11 is 0. The van der Waals surface area contributed by atoms with Crippen molar-refractivity contribution in [3.05, 3.63) is 0 Å². The van der Waals surface area contributed by atoms with Gasteiger partial charge in [-0.2, -0.15) is 0 Å². The van der Waals surface area contributed by atoms with Crippen LogP contribution in [0.4, 0.5) is 0 Å². The number of nitrogens with one attached hydrogen (secondary N) is 1. The van der Waals surface area contributed by atoms with Crippen molar-refractivity contribution >= 4 is 11.8 Å². The van der Waals surface area contributed by atoms with E-state index in [1.165, 1.54) is 0 Å². The molecule has 0 aromatic heterocycles. The maximum atomic E-state index is 11.3. The molecule has 0 aromatic carbocycles. The number of hydrogen-bond acceptors (Lipinski definition) is 4. The van der Waals surface area contributed by atoms with Crippen LogP contribution in [-0.2, 0) is 14.3 Å². The molecule has 2 amide bonds. The maximum Gasteiger partial charge on any atom is 0.229 e. The van der Waals surface area contributed by atoms with Crippen molar-refractivity contribution in [3.8, 4) is 0 Å². The zero-order valence-corrected chi connectivity index (χ0v) is 7.91. The molecule has 2 fully saturated rings. The fraction of sp³-hybridized carbons (Fsp3) is 0.778. The average molecular weight is 198 g/mol.